The fourth-order valence-electron chi connectivity index (χ4n) is 2.50. The van der Waals surface area contributed by atoms with Crippen molar-refractivity contribution in [2.45, 2.75) is 45.8 Å². The second kappa shape index (κ2) is 6.74. The van der Waals surface area contributed by atoms with Gasteiger partial charge in [0.1, 0.15) is 11.8 Å². The lowest BCUT2D eigenvalue weighted by Gasteiger charge is -2.37. The van der Waals surface area contributed by atoms with Crippen molar-refractivity contribution in [1.82, 2.24) is 0 Å². The Labute approximate surface area is 147 Å². The third kappa shape index (κ3) is 4.01. The highest BCUT2D eigenvalue weighted by atomic mass is 35.5. The Morgan fingerprint density at radius 1 is 1.42 bits per heavy atom. The molecule has 0 bridgehead atoms. The summed E-state index contributed by atoms with van der Waals surface area (Å²) in [4.78, 5) is 25.5. The van der Waals surface area contributed by atoms with Gasteiger partial charge in [0.05, 0.1) is 11.1 Å². The first-order valence-electron chi connectivity index (χ1n) is 7.70. The van der Waals surface area contributed by atoms with Crippen molar-refractivity contribution in [3.05, 3.63) is 23.2 Å². The van der Waals surface area contributed by atoms with Gasteiger partial charge in [-0.3, -0.25) is 14.5 Å². The molecular formula is C18H21ClN2O3. The number of rotatable bonds is 5. The Hall–Kier alpha value is -2.19. The van der Waals surface area contributed by atoms with E-state index in [1.165, 1.54) is 4.90 Å². The lowest BCUT2D eigenvalue weighted by Crippen LogP contribution is -2.54. The number of hydrogen-bond donors (Lipinski definition) is 1. The Balaban J connectivity index is 2.44. The summed E-state index contributed by atoms with van der Waals surface area (Å²) in [5.41, 5.74) is 5.34. The summed E-state index contributed by atoms with van der Waals surface area (Å²) >= 11 is 6.26. The number of benzene rings is 1. The van der Waals surface area contributed by atoms with Crippen molar-refractivity contribution >= 4 is 29.1 Å². The Kier molecular flexibility index (Phi) is 5.10. The molecule has 24 heavy (non-hydrogen) atoms. The van der Waals surface area contributed by atoms with E-state index >= 15 is 0 Å². The van der Waals surface area contributed by atoms with Crippen LogP contribution in [-0.4, -0.2) is 24.0 Å². The van der Waals surface area contributed by atoms with E-state index in [0.717, 1.165) is 12.8 Å². The third-order valence-corrected chi connectivity index (χ3v) is 4.00. The van der Waals surface area contributed by atoms with Crippen molar-refractivity contribution in [2.24, 2.45) is 11.1 Å². The molecule has 1 unspecified atom stereocenters. The average molecular weight is 349 g/mol. The fourth-order valence-corrected chi connectivity index (χ4v) is 2.71. The predicted molar refractivity (Wildman–Crippen MR) is 93.9 cm³/mol. The Morgan fingerprint density at radius 3 is 2.46 bits per heavy atom. The average Bonchev–Trinajstić information content (AvgIpc) is 3.28. The number of terminal acetylenes is 1. The number of nitrogens with two attached hydrogens (primary N) is 1. The number of carbonyl (C=O) groups excluding carboxylic acids is 2. The number of hydrogen-bond acceptors (Lipinski definition) is 3. The molecule has 2 N–H and O–H groups in total. The molecular weight excluding hydrogens is 328 g/mol. The van der Waals surface area contributed by atoms with E-state index in [9.17, 15) is 9.59 Å². The number of amides is 2. The first-order valence-corrected chi connectivity index (χ1v) is 8.08. The van der Waals surface area contributed by atoms with Crippen molar-refractivity contribution < 1.29 is 14.3 Å². The highest BCUT2D eigenvalue weighted by Gasteiger charge is 2.38. The van der Waals surface area contributed by atoms with Crippen LogP contribution in [0.4, 0.5) is 5.69 Å². The van der Waals surface area contributed by atoms with Gasteiger partial charge < -0.3 is 10.5 Å². The zero-order valence-corrected chi connectivity index (χ0v) is 14.8. The molecule has 1 atom stereocenters. The lowest BCUT2D eigenvalue weighted by atomic mass is 9.84. The van der Waals surface area contributed by atoms with Gasteiger partial charge in [0, 0.05) is 5.69 Å². The van der Waals surface area contributed by atoms with Crippen LogP contribution >= 0.6 is 11.6 Å². The van der Waals surface area contributed by atoms with Crippen molar-refractivity contribution in [2.75, 3.05) is 4.90 Å². The molecule has 6 heteroatoms. The van der Waals surface area contributed by atoms with Crippen LogP contribution in [0.5, 0.6) is 5.75 Å². The summed E-state index contributed by atoms with van der Waals surface area (Å²) in [5.74, 6) is 1.31. The van der Waals surface area contributed by atoms with Crippen LogP contribution in [0.2, 0.25) is 5.02 Å². The van der Waals surface area contributed by atoms with Gasteiger partial charge in [-0.05, 0) is 42.4 Å². The number of halogens is 1. The number of carbonyl (C=O) groups is 2. The summed E-state index contributed by atoms with van der Waals surface area (Å²) in [6.07, 6.45) is 7.50. The van der Waals surface area contributed by atoms with Crippen molar-refractivity contribution in [1.29, 1.82) is 0 Å². The maximum Gasteiger partial charge on any atom is 0.303 e. The standard InChI is InChI=1S/C18H21ClN2O3/c1-5-15(22)21(16(17(20)23)18(2,3)4)11-6-9-14(13(19)10-11)24-12-7-8-12/h1,6,9-10,12,16H,7-8H2,2-4H3,(H2,20,23). The van der Waals surface area contributed by atoms with Crippen LogP contribution in [0.15, 0.2) is 18.2 Å². The van der Waals surface area contributed by atoms with Gasteiger partial charge in [0.25, 0.3) is 0 Å². The van der Waals surface area contributed by atoms with Crippen LogP contribution in [0.3, 0.4) is 0 Å². The van der Waals surface area contributed by atoms with E-state index < -0.39 is 23.3 Å². The molecule has 5 nitrogen and oxygen atoms in total. The molecule has 2 amide bonds. The van der Waals surface area contributed by atoms with Crippen molar-refractivity contribution in [3.63, 3.8) is 0 Å². The molecule has 0 radical (unpaired) electrons. The fraction of sp³-hybridized carbons (Fsp3) is 0.444. The Morgan fingerprint density at radius 2 is 2.04 bits per heavy atom. The zero-order chi connectivity index (χ0) is 18.1. The van der Waals surface area contributed by atoms with E-state index in [2.05, 4.69) is 5.92 Å². The van der Waals surface area contributed by atoms with Gasteiger partial charge in [-0.15, -0.1) is 6.42 Å². The molecule has 0 saturated heterocycles. The lowest BCUT2D eigenvalue weighted by molar-refractivity contribution is -0.124. The van der Waals surface area contributed by atoms with Gasteiger partial charge in [0.2, 0.25) is 5.91 Å². The molecule has 0 heterocycles. The first kappa shape index (κ1) is 18.2. The normalized spacial score (nSPS) is 15.3. The van der Waals surface area contributed by atoms with E-state index in [-0.39, 0.29) is 6.10 Å². The molecule has 128 valence electrons. The molecule has 1 aromatic rings. The van der Waals surface area contributed by atoms with E-state index in [1.807, 2.05) is 20.8 Å². The van der Waals surface area contributed by atoms with Crippen LogP contribution in [-0.2, 0) is 9.59 Å². The molecule has 1 saturated carbocycles. The molecule has 2 rings (SSSR count). The minimum atomic E-state index is -0.910. The molecule has 1 aromatic carbocycles. The van der Waals surface area contributed by atoms with Gasteiger partial charge in [-0.25, -0.2) is 0 Å². The smallest absolute Gasteiger partial charge is 0.303 e. The molecule has 1 aliphatic carbocycles. The quantitative estimate of drug-likeness (QED) is 0.831. The molecule has 0 aromatic heterocycles. The van der Waals surface area contributed by atoms with E-state index in [0.29, 0.717) is 16.5 Å². The number of anilines is 1. The summed E-state index contributed by atoms with van der Waals surface area (Å²) in [7, 11) is 0. The second-order valence-corrected chi connectivity index (χ2v) is 7.33. The van der Waals surface area contributed by atoms with Gasteiger partial charge >= 0.3 is 5.91 Å². The third-order valence-electron chi connectivity index (χ3n) is 3.70. The number of primary amides is 1. The highest BCUT2D eigenvalue weighted by molar-refractivity contribution is 6.32. The molecule has 1 fully saturated rings. The van der Waals surface area contributed by atoms with Gasteiger partial charge in [-0.1, -0.05) is 32.4 Å². The van der Waals surface area contributed by atoms with Gasteiger partial charge in [0.15, 0.2) is 0 Å². The summed E-state index contributed by atoms with van der Waals surface area (Å²) in [5, 5.41) is 0.353. The number of ether oxygens (including phenoxy) is 1. The van der Waals surface area contributed by atoms with Crippen LogP contribution in [0, 0.1) is 17.8 Å². The zero-order valence-electron chi connectivity index (χ0n) is 14.0. The molecule has 1 aliphatic rings. The summed E-state index contributed by atoms with van der Waals surface area (Å²) < 4.78 is 5.69. The largest absolute Gasteiger partial charge is 0.489 e. The predicted octanol–water partition coefficient (Wildman–Crippen LogP) is 2.75. The summed E-state index contributed by atoms with van der Waals surface area (Å²) in [6.45, 7) is 5.43. The van der Waals surface area contributed by atoms with Gasteiger partial charge in [-0.2, -0.15) is 0 Å². The minimum Gasteiger partial charge on any atom is -0.489 e. The van der Waals surface area contributed by atoms with E-state index in [1.54, 1.807) is 18.2 Å². The molecule has 0 spiro atoms. The first-order chi connectivity index (χ1) is 11.1. The maximum atomic E-state index is 12.3. The van der Waals surface area contributed by atoms with Crippen LogP contribution < -0.4 is 15.4 Å². The topological polar surface area (TPSA) is 72.6 Å². The monoisotopic (exact) mass is 348 g/mol. The maximum absolute atomic E-state index is 12.3. The van der Waals surface area contributed by atoms with Crippen LogP contribution in [0.25, 0.3) is 0 Å². The molecule has 0 aliphatic heterocycles. The van der Waals surface area contributed by atoms with E-state index in [4.69, 9.17) is 28.5 Å². The van der Waals surface area contributed by atoms with Crippen LogP contribution in [0.1, 0.15) is 33.6 Å². The number of nitrogens with zero attached hydrogens (tertiary/aromatic N) is 1. The van der Waals surface area contributed by atoms with Crippen molar-refractivity contribution in [3.8, 4) is 18.1 Å². The second-order valence-electron chi connectivity index (χ2n) is 6.92. The SMILES string of the molecule is C#CC(=O)N(c1ccc(OC2CC2)c(Cl)c1)C(C(N)=O)C(C)(C)C. The summed E-state index contributed by atoms with van der Waals surface area (Å²) in [6, 6.07) is 3.98. The minimum absolute atomic E-state index is 0.199. The highest BCUT2D eigenvalue weighted by Crippen LogP contribution is 2.36. The Bertz CT molecular complexity index is 699.